The van der Waals surface area contributed by atoms with E-state index in [1.807, 2.05) is 89.0 Å². The highest BCUT2D eigenvalue weighted by molar-refractivity contribution is 14.0. The third-order valence-electron chi connectivity index (χ3n) is 3.82. The van der Waals surface area contributed by atoms with E-state index in [4.69, 9.17) is 10.5 Å². The van der Waals surface area contributed by atoms with Crippen LogP contribution in [0.25, 0.3) is 16.9 Å². The molecular weight excluding hydrogens is 519 g/mol. The van der Waals surface area contributed by atoms with Crippen LogP contribution in [-0.2, 0) is 11.8 Å². The van der Waals surface area contributed by atoms with Crippen LogP contribution >= 0.6 is 24.0 Å². The van der Waals surface area contributed by atoms with Crippen LogP contribution in [0, 0.1) is 0 Å². The number of aryl methyl sites for hydroxylation is 1. The van der Waals surface area contributed by atoms with Crippen LogP contribution in [0.1, 0.15) is 67.8 Å². The van der Waals surface area contributed by atoms with E-state index in [0.717, 1.165) is 16.9 Å². The lowest BCUT2D eigenvalue weighted by Gasteiger charge is -2.21. The molecule has 0 bridgehead atoms. The number of amides is 1. The Morgan fingerprint density at radius 3 is 2.38 bits per heavy atom. The predicted octanol–water partition coefficient (Wildman–Crippen LogP) is 5.59. The van der Waals surface area contributed by atoms with Gasteiger partial charge < -0.3 is 20.4 Å². The van der Waals surface area contributed by atoms with Gasteiger partial charge in [-0.25, -0.2) is 14.8 Å². The van der Waals surface area contributed by atoms with Crippen molar-refractivity contribution < 1.29 is 9.53 Å². The van der Waals surface area contributed by atoms with Crippen LogP contribution < -0.4 is 11.1 Å². The van der Waals surface area contributed by atoms with Gasteiger partial charge in [-0.1, -0.05) is 35.1 Å². The molecule has 8 nitrogen and oxygen atoms in total. The summed E-state index contributed by atoms with van der Waals surface area (Å²) in [5.74, 6) is 1.33. The van der Waals surface area contributed by atoms with Crippen molar-refractivity contribution in [3.63, 3.8) is 0 Å². The first-order chi connectivity index (χ1) is 14.2. The average Bonchev–Trinajstić information content (AvgIpc) is 3.35. The van der Waals surface area contributed by atoms with Gasteiger partial charge in [0.25, 0.3) is 0 Å². The van der Waals surface area contributed by atoms with E-state index in [1.165, 1.54) is 0 Å². The molecule has 0 unspecified atom stereocenters. The molecule has 0 radical (unpaired) electrons. The molecule has 182 valence electrons. The quantitative estimate of drug-likeness (QED) is 0.406. The average molecular weight is 561 g/mol. The number of nitrogens with zero attached hydrogens (tertiary/aromatic N) is 4. The number of hydrogen-bond acceptors (Lipinski definition) is 5. The number of nitrogens with two attached hydrogens (primary N) is 1. The number of ether oxygens (including phenoxy) is 1. The molecule has 1 atom stereocenters. The number of carbonyl (C=O) groups is 1. The van der Waals surface area contributed by atoms with Crippen molar-refractivity contribution in [3.8, 4) is 5.82 Å². The fourth-order valence-electron chi connectivity index (χ4n) is 2.64. The largest absolute Gasteiger partial charge is 0.444 e. The topological polar surface area (TPSA) is 100.0 Å². The van der Waals surface area contributed by atoms with Gasteiger partial charge in [-0.05, 0) is 39.0 Å². The zero-order valence-corrected chi connectivity index (χ0v) is 22.2. The number of fused-ring (bicyclic) bond motifs is 1. The summed E-state index contributed by atoms with van der Waals surface area (Å²) in [7, 11) is 1.95. The Hall–Kier alpha value is -2.14. The van der Waals surface area contributed by atoms with Crippen LogP contribution in [0.5, 0.6) is 0 Å². The van der Waals surface area contributed by atoms with Crippen LogP contribution in [0.2, 0.25) is 0 Å². The molecule has 3 N–H and O–H groups in total. The van der Waals surface area contributed by atoms with Gasteiger partial charge in [0.1, 0.15) is 22.9 Å². The molecule has 0 aromatic carbocycles. The summed E-state index contributed by atoms with van der Waals surface area (Å²) >= 11 is 0. The van der Waals surface area contributed by atoms with Gasteiger partial charge in [-0.15, -0.1) is 24.0 Å². The standard InChI is InChI=1S/C18H24N6O2.2C2H6.CH4.HI/c1-18(2,3)26-17(25)21-11-13(19)16-20-8-10-24(16)14-6-5-12-7-9-23(4)15(12)22-14;2*1-2;;/h5-10,13H,11,19H2,1-4H3,(H,21,25);2*1-2H3;1H4;1H/t13-;;;;/m0..../s1. The summed E-state index contributed by atoms with van der Waals surface area (Å²) in [5, 5.41) is 3.74. The molecule has 3 rings (SSSR count). The summed E-state index contributed by atoms with van der Waals surface area (Å²) in [6.45, 7) is 13.6. The normalized spacial score (nSPS) is 10.9. The van der Waals surface area contributed by atoms with Gasteiger partial charge >= 0.3 is 6.09 Å². The van der Waals surface area contributed by atoms with E-state index in [-0.39, 0.29) is 37.9 Å². The summed E-state index contributed by atoms with van der Waals surface area (Å²) in [4.78, 5) is 20.8. The SMILES string of the molecule is C.CC.CC.Cn1ccc2ccc(-n3ccnc3[C@@H](N)CNC(=O)OC(C)(C)C)nc21.I. The molecule has 0 aliphatic carbocycles. The number of alkyl carbamates (subject to hydrolysis) is 1. The van der Waals surface area contributed by atoms with E-state index in [0.29, 0.717) is 5.82 Å². The first-order valence-electron chi connectivity index (χ1n) is 10.4. The van der Waals surface area contributed by atoms with Gasteiger partial charge in [-0.2, -0.15) is 0 Å². The first kappa shape index (κ1) is 32.0. The van der Waals surface area contributed by atoms with Crippen molar-refractivity contribution in [1.29, 1.82) is 0 Å². The molecule has 3 heterocycles. The smallest absolute Gasteiger partial charge is 0.407 e. The maximum absolute atomic E-state index is 11.8. The maximum Gasteiger partial charge on any atom is 0.407 e. The highest BCUT2D eigenvalue weighted by atomic mass is 127. The first-order valence-corrected chi connectivity index (χ1v) is 10.4. The maximum atomic E-state index is 11.8. The lowest BCUT2D eigenvalue weighted by atomic mass is 10.2. The minimum absolute atomic E-state index is 0. The Labute approximate surface area is 210 Å². The second-order valence-corrected chi connectivity index (χ2v) is 7.15. The molecule has 0 saturated carbocycles. The van der Waals surface area contributed by atoms with Gasteiger partial charge in [-0.3, -0.25) is 4.57 Å². The molecule has 0 aliphatic rings. The highest BCUT2D eigenvalue weighted by Crippen LogP contribution is 2.18. The number of hydrogen-bond donors (Lipinski definition) is 2. The Morgan fingerprint density at radius 1 is 1.16 bits per heavy atom. The number of aromatic nitrogens is 4. The van der Waals surface area contributed by atoms with Crippen molar-refractivity contribution in [2.75, 3.05) is 6.54 Å². The number of pyridine rings is 1. The molecule has 0 aliphatic heterocycles. The van der Waals surface area contributed by atoms with Gasteiger partial charge in [0.15, 0.2) is 0 Å². The predicted molar refractivity (Wildman–Crippen MR) is 144 cm³/mol. The highest BCUT2D eigenvalue weighted by Gasteiger charge is 2.19. The van der Waals surface area contributed by atoms with Crippen molar-refractivity contribution in [2.45, 2.75) is 67.5 Å². The third-order valence-corrected chi connectivity index (χ3v) is 3.82. The van der Waals surface area contributed by atoms with Crippen LogP contribution in [0.4, 0.5) is 4.79 Å². The van der Waals surface area contributed by atoms with Gasteiger partial charge in [0, 0.05) is 37.6 Å². The second-order valence-electron chi connectivity index (χ2n) is 7.15. The van der Waals surface area contributed by atoms with E-state index >= 15 is 0 Å². The van der Waals surface area contributed by atoms with E-state index in [2.05, 4.69) is 15.3 Å². The lowest BCUT2D eigenvalue weighted by Crippen LogP contribution is -2.37. The van der Waals surface area contributed by atoms with Gasteiger partial charge in [0.2, 0.25) is 0 Å². The second kappa shape index (κ2) is 14.8. The molecule has 9 heteroatoms. The summed E-state index contributed by atoms with van der Waals surface area (Å²) in [6.07, 6.45) is 4.93. The molecule has 1 amide bonds. The van der Waals surface area contributed by atoms with Crippen LogP contribution in [0.15, 0.2) is 36.8 Å². The molecular formula is C23H41IN6O2. The monoisotopic (exact) mass is 560 g/mol. The Balaban J connectivity index is 0. The van der Waals surface area contributed by atoms with Crippen LogP contribution in [0.3, 0.4) is 0 Å². The fourth-order valence-corrected chi connectivity index (χ4v) is 2.64. The minimum atomic E-state index is -0.555. The molecule has 3 aromatic rings. The van der Waals surface area contributed by atoms with Crippen molar-refractivity contribution in [2.24, 2.45) is 12.8 Å². The molecule has 3 aromatic heterocycles. The molecule has 32 heavy (non-hydrogen) atoms. The Morgan fingerprint density at radius 2 is 1.78 bits per heavy atom. The summed E-state index contributed by atoms with van der Waals surface area (Å²) < 4.78 is 9.01. The molecule has 0 spiro atoms. The minimum Gasteiger partial charge on any atom is -0.444 e. The number of halogens is 1. The zero-order valence-electron chi connectivity index (χ0n) is 19.8. The number of nitrogens with one attached hydrogen (secondary N) is 1. The molecule has 0 fully saturated rings. The number of carbonyl (C=O) groups excluding carboxylic acids is 1. The van der Waals surface area contributed by atoms with Crippen LogP contribution in [-0.4, -0.2) is 37.3 Å². The molecule has 0 saturated heterocycles. The van der Waals surface area contributed by atoms with E-state index in [9.17, 15) is 4.79 Å². The number of imidazole rings is 1. The third kappa shape index (κ3) is 8.78. The van der Waals surface area contributed by atoms with Crippen molar-refractivity contribution in [1.82, 2.24) is 24.4 Å². The zero-order chi connectivity index (χ0) is 22.9. The summed E-state index contributed by atoms with van der Waals surface area (Å²) in [5.41, 5.74) is 6.55. The fraction of sp³-hybridized carbons (Fsp3) is 0.522. The summed E-state index contributed by atoms with van der Waals surface area (Å²) in [6, 6.07) is 5.44. The Kier molecular flexibility index (Phi) is 14.9. The van der Waals surface area contributed by atoms with E-state index < -0.39 is 17.7 Å². The van der Waals surface area contributed by atoms with Crippen molar-refractivity contribution in [3.05, 3.63) is 42.6 Å². The number of rotatable bonds is 4. The Bertz CT molecular complexity index is 930. The lowest BCUT2D eigenvalue weighted by molar-refractivity contribution is 0.0524. The van der Waals surface area contributed by atoms with Crippen molar-refractivity contribution >= 4 is 41.1 Å². The van der Waals surface area contributed by atoms with Gasteiger partial charge in [0.05, 0.1) is 6.04 Å². The van der Waals surface area contributed by atoms with E-state index in [1.54, 1.807) is 12.4 Å².